The van der Waals surface area contributed by atoms with Crippen LogP contribution in [0, 0.1) is 0 Å². The van der Waals surface area contributed by atoms with Crippen LogP contribution in [-0.2, 0) is 0 Å². The zero-order valence-corrected chi connectivity index (χ0v) is 11.2. The molecule has 2 heterocycles. The minimum atomic E-state index is 0.180. The summed E-state index contributed by atoms with van der Waals surface area (Å²) in [5.41, 5.74) is 0.965. The van der Waals surface area contributed by atoms with E-state index in [9.17, 15) is 0 Å². The number of hydrogen-bond donors (Lipinski definition) is 2. The molecule has 3 rings (SSSR count). The summed E-state index contributed by atoms with van der Waals surface area (Å²) in [7, 11) is 2.11. The second-order valence-corrected chi connectivity index (χ2v) is 5.25. The second-order valence-electron chi connectivity index (χ2n) is 5.25. The molecule has 1 saturated heterocycles. The molecule has 4 heteroatoms. The second kappa shape index (κ2) is 5.33. The van der Waals surface area contributed by atoms with E-state index in [4.69, 9.17) is 9.52 Å². The van der Waals surface area contributed by atoms with Crippen molar-refractivity contribution < 1.29 is 9.52 Å². The van der Waals surface area contributed by atoms with E-state index in [-0.39, 0.29) is 6.61 Å². The molecule has 19 heavy (non-hydrogen) atoms. The predicted octanol–water partition coefficient (Wildman–Crippen LogP) is 1.76. The Hall–Kier alpha value is -1.36. The summed E-state index contributed by atoms with van der Waals surface area (Å²) in [5.74, 6) is 1.50. The number of likely N-dealkylation sites (N-methyl/N-ethyl adjacent to an activating group) is 1. The molecule has 1 aromatic carbocycles. The van der Waals surface area contributed by atoms with E-state index in [1.807, 2.05) is 18.2 Å². The molecule has 1 fully saturated rings. The van der Waals surface area contributed by atoms with Crippen LogP contribution >= 0.6 is 0 Å². The molecule has 1 aliphatic heterocycles. The smallest absolute Gasteiger partial charge is 0.134 e. The number of benzene rings is 1. The molecule has 102 valence electrons. The van der Waals surface area contributed by atoms with Crippen LogP contribution in [0.5, 0.6) is 0 Å². The Morgan fingerprint density at radius 3 is 3.05 bits per heavy atom. The van der Waals surface area contributed by atoms with Gasteiger partial charge in [-0.2, -0.15) is 0 Å². The molecule has 2 aromatic rings. The van der Waals surface area contributed by atoms with Gasteiger partial charge in [-0.15, -0.1) is 0 Å². The summed E-state index contributed by atoms with van der Waals surface area (Å²) in [6.07, 6.45) is 1.35. The Labute approximate surface area is 113 Å². The molecule has 0 amide bonds. The van der Waals surface area contributed by atoms with Crippen LogP contribution in [0.3, 0.4) is 0 Å². The van der Waals surface area contributed by atoms with Crippen LogP contribution in [0.25, 0.3) is 11.0 Å². The fourth-order valence-corrected chi connectivity index (χ4v) is 2.88. The van der Waals surface area contributed by atoms with E-state index < -0.39 is 0 Å². The third-order valence-electron chi connectivity index (χ3n) is 3.89. The summed E-state index contributed by atoms with van der Waals surface area (Å²) in [5, 5.41) is 13.4. The quantitative estimate of drug-likeness (QED) is 0.879. The number of aliphatic hydroxyl groups excluding tert-OH is 1. The number of rotatable bonds is 4. The molecule has 0 radical (unpaired) electrons. The number of furan rings is 1. The van der Waals surface area contributed by atoms with E-state index in [0.29, 0.717) is 18.6 Å². The van der Waals surface area contributed by atoms with E-state index in [2.05, 4.69) is 29.4 Å². The van der Waals surface area contributed by atoms with Gasteiger partial charge in [-0.05, 0) is 25.6 Å². The first-order chi connectivity index (χ1) is 9.28. The van der Waals surface area contributed by atoms with Gasteiger partial charge in [-0.3, -0.25) is 10.2 Å². The Kier molecular flexibility index (Phi) is 3.55. The lowest BCUT2D eigenvalue weighted by Gasteiger charge is -2.19. The highest BCUT2D eigenvalue weighted by Crippen LogP contribution is 2.33. The van der Waals surface area contributed by atoms with Crippen molar-refractivity contribution in [3.63, 3.8) is 0 Å². The van der Waals surface area contributed by atoms with Crippen LogP contribution < -0.4 is 5.32 Å². The van der Waals surface area contributed by atoms with Gasteiger partial charge in [0.25, 0.3) is 0 Å². The third kappa shape index (κ3) is 2.52. The lowest BCUT2D eigenvalue weighted by atomic mass is 10.0. The van der Waals surface area contributed by atoms with Gasteiger partial charge in [0.15, 0.2) is 0 Å². The number of likely N-dealkylation sites (tertiary alicyclic amines) is 1. The fraction of sp³-hybridized carbons (Fsp3) is 0.467. The molecule has 2 unspecified atom stereocenters. The fourth-order valence-electron chi connectivity index (χ4n) is 2.88. The summed E-state index contributed by atoms with van der Waals surface area (Å²) in [6.45, 7) is 1.81. The number of para-hydroxylation sites is 1. The number of nitrogens with zero attached hydrogens (tertiary/aromatic N) is 1. The van der Waals surface area contributed by atoms with Crippen molar-refractivity contribution in [3.05, 3.63) is 36.1 Å². The molecular weight excluding hydrogens is 240 g/mol. The molecule has 1 aromatic heterocycles. The Balaban J connectivity index is 1.76. The average molecular weight is 260 g/mol. The molecule has 2 atom stereocenters. The zero-order valence-electron chi connectivity index (χ0n) is 11.2. The van der Waals surface area contributed by atoms with Crippen molar-refractivity contribution in [2.45, 2.75) is 18.5 Å². The van der Waals surface area contributed by atoms with E-state index >= 15 is 0 Å². The highest BCUT2D eigenvalue weighted by Gasteiger charge is 2.31. The lowest BCUT2D eigenvalue weighted by Crippen LogP contribution is -2.39. The van der Waals surface area contributed by atoms with Crippen molar-refractivity contribution in [1.82, 2.24) is 10.2 Å². The molecule has 0 saturated carbocycles. The summed E-state index contributed by atoms with van der Waals surface area (Å²) in [6, 6.07) is 10.3. The first-order valence-electron chi connectivity index (χ1n) is 6.81. The summed E-state index contributed by atoms with van der Waals surface area (Å²) in [4.78, 5) is 2.29. The van der Waals surface area contributed by atoms with Crippen LogP contribution in [-0.4, -0.2) is 42.9 Å². The van der Waals surface area contributed by atoms with Crippen molar-refractivity contribution in [1.29, 1.82) is 0 Å². The minimum absolute atomic E-state index is 0.180. The zero-order chi connectivity index (χ0) is 13.2. The topological polar surface area (TPSA) is 48.6 Å². The Morgan fingerprint density at radius 2 is 2.26 bits per heavy atom. The lowest BCUT2D eigenvalue weighted by molar-refractivity contribution is 0.230. The van der Waals surface area contributed by atoms with Crippen LogP contribution in [0.1, 0.15) is 18.1 Å². The van der Waals surface area contributed by atoms with Gasteiger partial charge in [0.05, 0.1) is 12.8 Å². The first kappa shape index (κ1) is 12.7. The predicted molar refractivity (Wildman–Crippen MR) is 75.1 cm³/mol. The monoisotopic (exact) mass is 260 g/mol. The number of fused-ring (bicyclic) bond motifs is 1. The van der Waals surface area contributed by atoms with Gasteiger partial charge in [0.1, 0.15) is 11.3 Å². The van der Waals surface area contributed by atoms with Crippen LogP contribution in [0.4, 0.5) is 0 Å². The first-order valence-corrected chi connectivity index (χ1v) is 6.81. The Bertz CT molecular complexity index is 519. The maximum absolute atomic E-state index is 8.89. The Morgan fingerprint density at radius 1 is 1.42 bits per heavy atom. The van der Waals surface area contributed by atoms with E-state index in [0.717, 1.165) is 24.3 Å². The summed E-state index contributed by atoms with van der Waals surface area (Å²) >= 11 is 0. The van der Waals surface area contributed by atoms with Crippen molar-refractivity contribution in [2.24, 2.45) is 0 Å². The van der Waals surface area contributed by atoms with Gasteiger partial charge in [-0.25, -0.2) is 0 Å². The maximum Gasteiger partial charge on any atom is 0.134 e. The SMILES string of the molecule is CN1CC(c2cc3ccccc3o2)CC1NCCO. The van der Waals surface area contributed by atoms with Crippen LogP contribution in [0.2, 0.25) is 0 Å². The van der Waals surface area contributed by atoms with E-state index in [1.165, 1.54) is 5.39 Å². The molecule has 1 aliphatic rings. The average Bonchev–Trinajstić information content (AvgIpc) is 2.99. The van der Waals surface area contributed by atoms with Gasteiger partial charge in [0.2, 0.25) is 0 Å². The molecule has 0 aliphatic carbocycles. The highest BCUT2D eigenvalue weighted by atomic mass is 16.3. The van der Waals surface area contributed by atoms with Gasteiger partial charge < -0.3 is 9.52 Å². The highest BCUT2D eigenvalue weighted by molar-refractivity contribution is 5.77. The number of nitrogens with one attached hydrogen (secondary N) is 1. The molecule has 4 nitrogen and oxygen atoms in total. The van der Waals surface area contributed by atoms with Crippen molar-refractivity contribution in [3.8, 4) is 0 Å². The van der Waals surface area contributed by atoms with Gasteiger partial charge in [0, 0.05) is 24.4 Å². The summed E-state index contributed by atoms with van der Waals surface area (Å²) < 4.78 is 5.95. The van der Waals surface area contributed by atoms with Crippen molar-refractivity contribution in [2.75, 3.05) is 26.7 Å². The third-order valence-corrected chi connectivity index (χ3v) is 3.89. The minimum Gasteiger partial charge on any atom is -0.461 e. The van der Waals surface area contributed by atoms with Crippen molar-refractivity contribution >= 4 is 11.0 Å². The molecule has 2 N–H and O–H groups in total. The van der Waals surface area contributed by atoms with E-state index in [1.54, 1.807) is 0 Å². The van der Waals surface area contributed by atoms with Gasteiger partial charge in [-0.1, -0.05) is 18.2 Å². The number of hydrogen-bond acceptors (Lipinski definition) is 4. The standard InChI is InChI=1S/C15H20N2O2/c1-17-10-12(9-15(17)16-6-7-18)14-8-11-4-2-3-5-13(11)19-14/h2-5,8,12,15-16,18H,6-7,9-10H2,1H3. The normalized spacial score (nSPS) is 24.3. The largest absolute Gasteiger partial charge is 0.461 e. The number of aliphatic hydroxyl groups is 1. The van der Waals surface area contributed by atoms with Gasteiger partial charge >= 0.3 is 0 Å². The molecule has 0 spiro atoms. The maximum atomic E-state index is 8.89. The molecule has 0 bridgehead atoms. The van der Waals surface area contributed by atoms with Crippen LogP contribution in [0.15, 0.2) is 34.7 Å². The molecular formula is C15H20N2O2.